The molecule has 1 aliphatic heterocycles. The molecule has 0 spiro atoms. The van der Waals surface area contributed by atoms with Crippen molar-refractivity contribution in [1.82, 2.24) is 10.2 Å². The van der Waals surface area contributed by atoms with E-state index in [-0.39, 0.29) is 42.4 Å². The van der Waals surface area contributed by atoms with Gasteiger partial charge in [0.1, 0.15) is 11.5 Å². The number of aromatic hydroxyl groups is 2. The van der Waals surface area contributed by atoms with Crippen LogP contribution in [0.25, 0.3) is 0 Å². The van der Waals surface area contributed by atoms with E-state index in [0.717, 1.165) is 50.0 Å². The molecule has 0 aromatic heterocycles. The van der Waals surface area contributed by atoms with Gasteiger partial charge in [0.2, 0.25) is 0 Å². The lowest BCUT2D eigenvalue weighted by molar-refractivity contribution is 0.136. The van der Waals surface area contributed by atoms with Crippen molar-refractivity contribution in [2.45, 2.75) is 44.8 Å². The van der Waals surface area contributed by atoms with Gasteiger partial charge in [0.15, 0.2) is 0 Å². The molecule has 44 heavy (non-hydrogen) atoms. The fraction of sp³-hybridized carbons (Fsp3) is 0.333. The zero-order valence-corrected chi connectivity index (χ0v) is 27.5. The molecule has 0 aliphatic carbocycles. The van der Waals surface area contributed by atoms with Crippen molar-refractivity contribution >= 4 is 36.2 Å². The average molecular weight is 641 g/mol. The summed E-state index contributed by atoms with van der Waals surface area (Å²) in [7, 11) is 4.29. The number of halogens is 2. The molecule has 1 aliphatic rings. The first-order valence-corrected chi connectivity index (χ1v) is 14.9. The van der Waals surface area contributed by atoms with Gasteiger partial charge < -0.3 is 30.4 Å². The number of fused-ring (bicyclic) bond motifs is 2. The number of benzene rings is 4. The molecule has 1 heterocycles. The van der Waals surface area contributed by atoms with Gasteiger partial charge in [-0.2, -0.15) is 0 Å². The molecule has 0 unspecified atom stereocenters. The Bertz CT molecular complexity index is 1340. The van der Waals surface area contributed by atoms with Crippen LogP contribution in [-0.2, 0) is 19.3 Å². The molecule has 5 rings (SSSR count). The molecule has 0 radical (unpaired) electrons. The van der Waals surface area contributed by atoms with Crippen LogP contribution >= 0.6 is 24.8 Å². The van der Waals surface area contributed by atoms with Gasteiger partial charge in [-0.15, -0.1) is 24.8 Å². The van der Waals surface area contributed by atoms with Gasteiger partial charge in [-0.05, 0) is 118 Å². The van der Waals surface area contributed by atoms with Crippen LogP contribution in [0.4, 0.5) is 11.4 Å². The second kappa shape index (κ2) is 18.5. The van der Waals surface area contributed by atoms with E-state index in [1.807, 2.05) is 19.1 Å². The molecule has 4 aromatic rings. The minimum absolute atomic E-state index is 0. The molecule has 0 saturated heterocycles. The number of anilines is 2. The SMILES string of the molecule is CN(C)CCCN1c2ccccc2CCc2ccccc21.C[C@H](NCCc1ccc(O)cc1)[C@H](O)c1ccc(O)cc1.Cl.Cl. The zero-order chi connectivity index (χ0) is 29.9. The Hall–Kier alpha value is -3.26. The smallest absolute Gasteiger partial charge is 0.115 e. The maximum Gasteiger partial charge on any atom is 0.115 e. The number of aliphatic hydroxyl groups is 1. The maximum absolute atomic E-state index is 10.2. The highest BCUT2D eigenvalue weighted by Crippen LogP contribution is 2.35. The molecule has 4 N–H and O–H groups in total. The lowest BCUT2D eigenvalue weighted by Crippen LogP contribution is -2.33. The highest BCUT2D eigenvalue weighted by Gasteiger charge is 2.19. The highest BCUT2D eigenvalue weighted by atomic mass is 35.5. The van der Waals surface area contributed by atoms with E-state index in [2.05, 4.69) is 77.7 Å². The Balaban J connectivity index is 0.000000293. The summed E-state index contributed by atoms with van der Waals surface area (Å²) < 4.78 is 0. The fourth-order valence-electron chi connectivity index (χ4n) is 5.33. The molecule has 4 aromatic carbocycles. The third-order valence-electron chi connectivity index (χ3n) is 7.74. The first-order valence-electron chi connectivity index (χ1n) is 14.9. The van der Waals surface area contributed by atoms with Crippen molar-refractivity contribution in [3.8, 4) is 11.5 Å². The van der Waals surface area contributed by atoms with Crippen LogP contribution in [0.5, 0.6) is 11.5 Å². The third kappa shape index (κ3) is 10.7. The predicted octanol–water partition coefficient (Wildman–Crippen LogP) is 7.07. The Morgan fingerprint density at radius 3 is 1.77 bits per heavy atom. The van der Waals surface area contributed by atoms with E-state index in [1.54, 1.807) is 36.4 Å². The largest absolute Gasteiger partial charge is 0.508 e. The van der Waals surface area contributed by atoms with E-state index in [9.17, 15) is 15.3 Å². The summed E-state index contributed by atoms with van der Waals surface area (Å²) >= 11 is 0. The third-order valence-corrected chi connectivity index (χ3v) is 7.74. The monoisotopic (exact) mass is 639 g/mol. The molecule has 0 bridgehead atoms. The molecule has 2 atom stereocenters. The fourth-order valence-corrected chi connectivity index (χ4v) is 5.33. The summed E-state index contributed by atoms with van der Waals surface area (Å²) in [6.07, 6.45) is 3.66. The molecule has 238 valence electrons. The van der Waals surface area contributed by atoms with Crippen molar-refractivity contribution in [1.29, 1.82) is 0 Å². The summed E-state index contributed by atoms with van der Waals surface area (Å²) in [6, 6.07) is 31.3. The summed E-state index contributed by atoms with van der Waals surface area (Å²) in [5, 5.41) is 32.0. The average Bonchev–Trinajstić information content (AvgIpc) is 3.15. The van der Waals surface area contributed by atoms with Gasteiger partial charge in [0.25, 0.3) is 0 Å². The Kier molecular flexibility index (Phi) is 15.5. The Morgan fingerprint density at radius 2 is 1.25 bits per heavy atom. The van der Waals surface area contributed by atoms with Gasteiger partial charge in [-0.25, -0.2) is 0 Å². The van der Waals surface area contributed by atoms with Gasteiger partial charge in [0.05, 0.1) is 6.10 Å². The standard InChI is InChI=1S/C19H24N2.C17H21NO3.2ClH/c1-20(2)14-7-15-21-18-10-5-3-8-16(18)12-13-17-9-4-6-11-19(17)21;1-12(17(21)14-4-8-16(20)9-5-14)18-11-10-13-2-6-15(19)7-3-13;;/h3-6,8-11H,7,12-15H2,1-2H3;2-9,12,17-21H,10-11H2,1H3;2*1H/t;12-,17-;;/m.0../s1. The normalized spacial score (nSPS) is 13.2. The van der Waals surface area contributed by atoms with Crippen molar-refractivity contribution in [2.75, 3.05) is 38.6 Å². The summed E-state index contributed by atoms with van der Waals surface area (Å²) in [4.78, 5) is 4.77. The molecule has 0 amide bonds. The number of hydrogen-bond acceptors (Lipinski definition) is 6. The molecule has 6 nitrogen and oxygen atoms in total. The first kappa shape index (κ1) is 36.9. The predicted molar refractivity (Wildman–Crippen MR) is 187 cm³/mol. The number of hydrogen-bond donors (Lipinski definition) is 4. The Morgan fingerprint density at radius 1 is 0.750 bits per heavy atom. The van der Waals surface area contributed by atoms with E-state index in [1.165, 1.54) is 28.9 Å². The number of para-hydroxylation sites is 2. The van der Waals surface area contributed by atoms with E-state index < -0.39 is 6.10 Å². The van der Waals surface area contributed by atoms with Crippen LogP contribution in [0.3, 0.4) is 0 Å². The minimum Gasteiger partial charge on any atom is -0.508 e. The van der Waals surface area contributed by atoms with Crippen molar-refractivity contribution in [2.24, 2.45) is 0 Å². The summed E-state index contributed by atoms with van der Waals surface area (Å²) in [6.45, 7) is 4.86. The number of aryl methyl sites for hydroxylation is 2. The lowest BCUT2D eigenvalue weighted by Gasteiger charge is -2.27. The van der Waals surface area contributed by atoms with Crippen molar-refractivity contribution < 1.29 is 15.3 Å². The lowest BCUT2D eigenvalue weighted by atomic mass is 10.0. The van der Waals surface area contributed by atoms with Gasteiger partial charge in [-0.3, -0.25) is 0 Å². The minimum atomic E-state index is -0.620. The second-order valence-electron chi connectivity index (χ2n) is 11.3. The molecule has 0 fully saturated rings. The van der Waals surface area contributed by atoms with Gasteiger partial charge in [-0.1, -0.05) is 60.7 Å². The van der Waals surface area contributed by atoms with Gasteiger partial charge >= 0.3 is 0 Å². The number of phenolic OH excluding ortho intramolecular Hbond substituents is 2. The van der Waals surface area contributed by atoms with Gasteiger partial charge in [0, 0.05) is 24.0 Å². The summed E-state index contributed by atoms with van der Waals surface area (Å²) in [5.74, 6) is 0.460. The van der Waals surface area contributed by atoms with Crippen molar-refractivity contribution in [3.05, 3.63) is 119 Å². The first-order chi connectivity index (χ1) is 20.3. The zero-order valence-electron chi connectivity index (χ0n) is 25.9. The van der Waals surface area contributed by atoms with Crippen LogP contribution in [-0.4, -0.2) is 60.0 Å². The molecule has 8 heteroatoms. The number of aliphatic hydroxyl groups excluding tert-OH is 1. The van der Waals surface area contributed by atoms with Crippen LogP contribution in [0.2, 0.25) is 0 Å². The van der Waals surface area contributed by atoms with Crippen LogP contribution in [0.15, 0.2) is 97.1 Å². The van der Waals surface area contributed by atoms with Crippen LogP contribution in [0, 0.1) is 0 Å². The quantitative estimate of drug-likeness (QED) is 0.149. The number of nitrogens with one attached hydrogen (secondary N) is 1. The second-order valence-corrected chi connectivity index (χ2v) is 11.3. The molecular weight excluding hydrogens is 593 g/mol. The summed E-state index contributed by atoms with van der Waals surface area (Å²) in [5.41, 5.74) is 7.63. The number of phenols is 2. The molecule has 0 saturated carbocycles. The maximum atomic E-state index is 10.2. The van der Waals surface area contributed by atoms with E-state index in [0.29, 0.717) is 0 Å². The number of nitrogens with zero attached hydrogens (tertiary/aromatic N) is 2. The Labute approximate surface area is 275 Å². The van der Waals surface area contributed by atoms with Crippen LogP contribution in [0.1, 0.15) is 41.7 Å². The highest BCUT2D eigenvalue weighted by molar-refractivity contribution is 5.85. The van der Waals surface area contributed by atoms with Crippen molar-refractivity contribution in [3.63, 3.8) is 0 Å². The number of rotatable bonds is 10. The van der Waals surface area contributed by atoms with Crippen LogP contribution < -0.4 is 10.2 Å². The van der Waals surface area contributed by atoms with E-state index in [4.69, 9.17) is 0 Å². The molecular formula is C36H47Cl2N3O3. The topological polar surface area (TPSA) is 79.2 Å². The van der Waals surface area contributed by atoms with E-state index >= 15 is 0 Å².